The third-order valence-corrected chi connectivity index (χ3v) is 5.38. The van der Waals surface area contributed by atoms with Crippen molar-refractivity contribution in [3.05, 3.63) is 65.3 Å². The molecule has 126 valence electrons. The van der Waals surface area contributed by atoms with E-state index in [4.69, 9.17) is 4.74 Å². The molecule has 3 aromatic rings. The van der Waals surface area contributed by atoms with E-state index in [0.29, 0.717) is 0 Å². The summed E-state index contributed by atoms with van der Waals surface area (Å²) in [5.41, 5.74) is 5.32. The number of anilines is 1. The van der Waals surface area contributed by atoms with E-state index in [0.717, 1.165) is 44.3 Å². The van der Waals surface area contributed by atoms with Crippen LogP contribution in [-0.2, 0) is 0 Å². The summed E-state index contributed by atoms with van der Waals surface area (Å²) in [7, 11) is 1.68. The number of imidazole rings is 1. The predicted molar refractivity (Wildman–Crippen MR) is 105 cm³/mol. The fourth-order valence-electron chi connectivity index (χ4n) is 2.95. The minimum Gasteiger partial charge on any atom is -0.497 e. The van der Waals surface area contributed by atoms with E-state index >= 15 is 0 Å². The lowest BCUT2D eigenvalue weighted by atomic mass is 10.2. The standard InChI is InChI=1S/C19H17N3OS2/c1-12-18(22(19(24)20-12)13-6-4-3-5-7-13)16-11-25-17-10-14(23-2)8-9-15(17)21-16/h3-11,21H,1-2H3,(H,20,24)/p+1. The van der Waals surface area contributed by atoms with Crippen molar-refractivity contribution in [3.8, 4) is 11.4 Å². The predicted octanol–water partition coefficient (Wildman–Crippen LogP) is 4.41. The van der Waals surface area contributed by atoms with E-state index in [1.165, 1.54) is 0 Å². The van der Waals surface area contributed by atoms with E-state index in [1.54, 1.807) is 18.9 Å². The number of aromatic nitrogens is 2. The lowest BCUT2D eigenvalue weighted by Gasteiger charge is -2.19. The number of ether oxygens (including phenoxy) is 1. The highest BCUT2D eigenvalue weighted by atomic mass is 32.2. The lowest BCUT2D eigenvalue weighted by molar-refractivity contribution is -0.637. The molecule has 1 aromatic heterocycles. The van der Waals surface area contributed by atoms with Gasteiger partial charge >= 0.3 is 5.16 Å². The summed E-state index contributed by atoms with van der Waals surface area (Å²) in [6.45, 7) is 2.06. The minimum absolute atomic E-state index is 0.798. The van der Waals surface area contributed by atoms with Gasteiger partial charge in [0, 0.05) is 17.2 Å². The van der Waals surface area contributed by atoms with Crippen molar-refractivity contribution in [1.29, 1.82) is 0 Å². The summed E-state index contributed by atoms with van der Waals surface area (Å²) in [4.78, 5) is 4.48. The highest BCUT2D eigenvalue weighted by molar-refractivity contribution is 8.02. The third-order valence-electron chi connectivity index (χ3n) is 4.12. The van der Waals surface area contributed by atoms with E-state index in [1.807, 2.05) is 36.4 Å². The normalized spacial score (nSPS) is 13.0. The molecule has 1 aliphatic heterocycles. The molecule has 0 aliphatic carbocycles. The number of aromatic amines is 1. The van der Waals surface area contributed by atoms with Crippen molar-refractivity contribution in [2.75, 3.05) is 12.4 Å². The van der Waals surface area contributed by atoms with Crippen molar-refractivity contribution in [1.82, 2.24) is 4.98 Å². The van der Waals surface area contributed by atoms with Crippen LogP contribution in [0.4, 0.5) is 5.69 Å². The van der Waals surface area contributed by atoms with Crippen LogP contribution in [-0.4, -0.2) is 12.1 Å². The van der Waals surface area contributed by atoms with Crippen LogP contribution in [0.25, 0.3) is 11.4 Å². The molecule has 6 heteroatoms. The molecule has 0 saturated heterocycles. The van der Waals surface area contributed by atoms with Crippen LogP contribution in [0.1, 0.15) is 11.4 Å². The Hall–Kier alpha value is -2.31. The molecule has 0 atom stereocenters. The Kier molecular flexibility index (Phi) is 4.23. The van der Waals surface area contributed by atoms with Crippen molar-refractivity contribution >= 4 is 35.8 Å². The molecule has 1 aliphatic rings. The first-order chi connectivity index (χ1) is 12.2. The van der Waals surface area contributed by atoms with Crippen molar-refractivity contribution in [2.24, 2.45) is 0 Å². The molecule has 0 bridgehead atoms. The first kappa shape index (κ1) is 16.2. The topological polar surface area (TPSA) is 40.9 Å². The number of H-pyrrole nitrogens is 1. The molecule has 0 amide bonds. The number of benzene rings is 2. The number of fused-ring (bicyclic) bond motifs is 1. The summed E-state index contributed by atoms with van der Waals surface area (Å²) in [5, 5.41) is 6.47. The van der Waals surface area contributed by atoms with Crippen LogP contribution in [0.15, 0.2) is 64.0 Å². The molecule has 25 heavy (non-hydrogen) atoms. The SMILES string of the molecule is COc1ccc2c(c1)SC=C(c1c(C)[nH]c(S)[n+]1-c1ccccc1)N2. The number of thioether (sulfide) groups is 1. The zero-order valence-electron chi connectivity index (χ0n) is 13.9. The van der Waals surface area contributed by atoms with Gasteiger partial charge in [-0.05, 0) is 30.3 Å². The van der Waals surface area contributed by atoms with Crippen LogP contribution in [0.3, 0.4) is 0 Å². The number of nitrogens with one attached hydrogen (secondary N) is 2. The van der Waals surface area contributed by atoms with Gasteiger partial charge in [-0.25, -0.2) is 4.98 Å². The van der Waals surface area contributed by atoms with Gasteiger partial charge in [0.05, 0.1) is 18.5 Å². The molecule has 2 aromatic carbocycles. The van der Waals surface area contributed by atoms with Crippen LogP contribution >= 0.6 is 24.4 Å². The van der Waals surface area contributed by atoms with Gasteiger partial charge in [0.25, 0.3) is 0 Å². The van der Waals surface area contributed by atoms with Gasteiger partial charge in [0.1, 0.15) is 17.1 Å². The Morgan fingerprint density at radius 3 is 2.68 bits per heavy atom. The van der Waals surface area contributed by atoms with Crippen molar-refractivity contribution < 1.29 is 9.30 Å². The quantitative estimate of drug-likeness (QED) is 0.474. The van der Waals surface area contributed by atoms with E-state index in [9.17, 15) is 0 Å². The van der Waals surface area contributed by atoms with E-state index < -0.39 is 0 Å². The lowest BCUT2D eigenvalue weighted by Crippen LogP contribution is -2.36. The summed E-state index contributed by atoms with van der Waals surface area (Å²) in [5.74, 6) is 0.861. The third kappa shape index (κ3) is 2.92. The number of hydrogen-bond donors (Lipinski definition) is 3. The summed E-state index contributed by atoms with van der Waals surface area (Å²) < 4.78 is 7.43. The molecule has 0 unspecified atom stereocenters. The molecular formula is C19H18N3OS2+. The molecule has 4 nitrogen and oxygen atoms in total. The van der Waals surface area contributed by atoms with Crippen LogP contribution in [0.2, 0.25) is 0 Å². The number of aryl methyl sites for hydroxylation is 1. The zero-order valence-corrected chi connectivity index (χ0v) is 15.6. The van der Waals surface area contributed by atoms with Gasteiger partial charge < -0.3 is 10.1 Å². The molecule has 0 saturated carbocycles. The monoisotopic (exact) mass is 368 g/mol. The van der Waals surface area contributed by atoms with E-state index in [-0.39, 0.29) is 0 Å². The number of thiol groups is 1. The average Bonchev–Trinajstić information content (AvgIpc) is 2.95. The second-order valence-corrected chi connectivity index (χ2v) is 7.06. The Bertz CT molecular complexity index is 964. The number of nitrogens with zero attached hydrogens (tertiary/aromatic N) is 1. The number of para-hydroxylation sites is 1. The van der Waals surface area contributed by atoms with Crippen LogP contribution in [0, 0.1) is 6.92 Å². The average molecular weight is 369 g/mol. The first-order valence-electron chi connectivity index (χ1n) is 7.88. The number of rotatable bonds is 3. The molecule has 4 rings (SSSR count). The molecule has 0 spiro atoms. The van der Waals surface area contributed by atoms with Gasteiger partial charge in [0.2, 0.25) is 0 Å². The van der Waals surface area contributed by atoms with Crippen molar-refractivity contribution in [2.45, 2.75) is 17.0 Å². The second kappa shape index (κ2) is 6.54. The first-order valence-corrected chi connectivity index (χ1v) is 9.21. The Balaban J connectivity index is 1.78. The fraction of sp³-hybridized carbons (Fsp3) is 0.105. The van der Waals surface area contributed by atoms with Gasteiger partial charge in [-0.3, -0.25) is 0 Å². The Labute approximate surface area is 156 Å². The molecule has 0 radical (unpaired) electrons. The minimum atomic E-state index is 0.798. The molecule has 2 heterocycles. The van der Waals surface area contributed by atoms with Gasteiger partial charge in [0.15, 0.2) is 5.69 Å². The Morgan fingerprint density at radius 2 is 1.92 bits per heavy atom. The highest BCUT2D eigenvalue weighted by Crippen LogP contribution is 2.39. The maximum absolute atomic E-state index is 5.31. The van der Waals surface area contributed by atoms with Crippen molar-refractivity contribution in [3.63, 3.8) is 0 Å². The Morgan fingerprint density at radius 1 is 1.12 bits per heavy atom. The van der Waals surface area contributed by atoms with E-state index in [2.05, 4.69) is 52.0 Å². The van der Waals surface area contributed by atoms with Crippen LogP contribution < -0.4 is 14.6 Å². The summed E-state index contributed by atoms with van der Waals surface area (Å²) >= 11 is 6.32. The molecule has 2 N–H and O–H groups in total. The smallest absolute Gasteiger partial charge is 0.318 e. The van der Waals surface area contributed by atoms with Gasteiger partial charge in [-0.1, -0.05) is 42.6 Å². The number of hydrogen-bond acceptors (Lipinski definition) is 4. The van der Waals surface area contributed by atoms with Crippen LogP contribution in [0.5, 0.6) is 5.75 Å². The largest absolute Gasteiger partial charge is 0.497 e. The fourth-order valence-corrected chi connectivity index (χ4v) is 4.18. The molecular weight excluding hydrogens is 350 g/mol. The van der Waals surface area contributed by atoms with Gasteiger partial charge in [-0.15, -0.1) is 0 Å². The number of methoxy groups -OCH3 is 1. The zero-order chi connectivity index (χ0) is 17.4. The summed E-state index contributed by atoms with van der Waals surface area (Å²) in [6, 6.07) is 16.3. The maximum atomic E-state index is 5.31. The maximum Gasteiger partial charge on any atom is 0.318 e. The van der Waals surface area contributed by atoms with Gasteiger partial charge in [-0.2, -0.15) is 4.57 Å². The second-order valence-electron chi connectivity index (χ2n) is 5.73. The molecule has 0 fully saturated rings. The highest BCUT2D eigenvalue weighted by Gasteiger charge is 2.27. The summed E-state index contributed by atoms with van der Waals surface area (Å²) in [6.07, 6.45) is 0.